The number of fused-ring (bicyclic) bond motifs is 2. The Kier molecular flexibility index (Phi) is 7.98. The van der Waals surface area contributed by atoms with E-state index in [1.165, 1.54) is 45.2 Å². The molecule has 5 aliphatic rings. The van der Waals surface area contributed by atoms with E-state index in [4.69, 9.17) is 5.11 Å². The molecule has 0 bridgehead atoms. The molecule has 8 nitrogen and oxygen atoms in total. The smallest absolute Gasteiger partial charge is 0.236 e. The second kappa shape index (κ2) is 11.4. The summed E-state index contributed by atoms with van der Waals surface area (Å²) in [4.78, 5) is 24.7. The minimum atomic E-state index is -0.977. The van der Waals surface area contributed by atoms with Gasteiger partial charge in [0, 0.05) is 33.6 Å². The first kappa shape index (κ1) is 28.7. The maximum atomic E-state index is 13.3. The number of anilines is 3. The first-order valence-corrected chi connectivity index (χ1v) is 16.8. The highest BCUT2D eigenvalue weighted by Gasteiger charge is 2.57. The first-order chi connectivity index (χ1) is 19.7. The zero-order valence-electron chi connectivity index (χ0n) is 24.7. The molecule has 1 aromatic carbocycles. The molecule has 3 saturated carbocycles. The maximum absolute atomic E-state index is 13.3. The number of amides is 1. The average molecular weight is 580 g/mol. The van der Waals surface area contributed by atoms with Crippen LogP contribution in [0.5, 0.6) is 0 Å². The molecule has 222 valence electrons. The van der Waals surface area contributed by atoms with Crippen molar-refractivity contribution in [2.24, 2.45) is 5.41 Å². The first-order valence-electron chi connectivity index (χ1n) is 15.6. The van der Waals surface area contributed by atoms with Gasteiger partial charge in [-0.05, 0) is 114 Å². The van der Waals surface area contributed by atoms with Crippen LogP contribution in [0, 0.1) is 12.3 Å². The molecule has 2 aliphatic heterocycles. The van der Waals surface area contributed by atoms with Crippen LogP contribution in [0.15, 0.2) is 29.3 Å². The minimum absolute atomic E-state index is 0.0359. The summed E-state index contributed by atoms with van der Waals surface area (Å²) in [5.74, 6) is 1.12. The van der Waals surface area contributed by atoms with Crippen LogP contribution in [-0.2, 0) is 21.0 Å². The third-order valence-corrected chi connectivity index (χ3v) is 11.8. The number of benzene rings is 1. The fraction of sp³-hybridized carbons (Fsp3) is 0.656. The van der Waals surface area contributed by atoms with Crippen LogP contribution in [0.3, 0.4) is 0 Å². The Labute approximate surface area is 246 Å². The molecule has 41 heavy (non-hydrogen) atoms. The Morgan fingerprint density at radius 2 is 1.80 bits per heavy atom. The monoisotopic (exact) mass is 579 g/mol. The maximum Gasteiger partial charge on any atom is 0.236 e. The van der Waals surface area contributed by atoms with Crippen LogP contribution in [0.2, 0.25) is 0 Å². The number of nitrogens with one attached hydrogen (secondary N) is 2. The van der Waals surface area contributed by atoms with Crippen molar-refractivity contribution in [2.45, 2.75) is 119 Å². The van der Waals surface area contributed by atoms with E-state index in [9.17, 15) is 9.00 Å². The molecule has 0 radical (unpaired) electrons. The van der Waals surface area contributed by atoms with Crippen molar-refractivity contribution in [1.29, 1.82) is 0 Å². The van der Waals surface area contributed by atoms with Crippen molar-refractivity contribution in [3.63, 3.8) is 0 Å². The highest BCUT2D eigenvalue weighted by atomic mass is 32.2. The molecule has 1 unspecified atom stereocenters. The van der Waals surface area contributed by atoms with Crippen molar-refractivity contribution in [1.82, 2.24) is 14.9 Å². The zero-order valence-corrected chi connectivity index (χ0v) is 25.6. The van der Waals surface area contributed by atoms with E-state index in [1.807, 2.05) is 25.1 Å². The fourth-order valence-electron chi connectivity index (χ4n) is 7.13. The number of carbonyl (C=O) groups excluding carboxylic acids is 1. The number of hydrogen-bond acceptors (Lipinski definition) is 7. The summed E-state index contributed by atoms with van der Waals surface area (Å²) in [5, 5.41) is 15.3. The quantitative estimate of drug-likeness (QED) is 0.424. The topological polar surface area (TPSA) is 107 Å². The molecule has 7 rings (SSSR count). The number of aryl methyl sites for hydroxylation is 1. The van der Waals surface area contributed by atoms with Crippen LogP contribution in [-0.4, -0.2) is 60.6 Å². The lowest BCUT2D eigenvalue weighted by molar-refractivity contribution is -0.117. The van der Waals surface area contributed by atoms with E-state index in [0.29, 0.717) is 23.2 Å². The largest absolute Gasteiger partial charge is 0.393 e. The van der Waals surface area contributed by atoms with E-state index in [1.54, 1.807) is 6.20 Å². The Bertz CT molecular complexity index is 1300. The molecule has 3 heterocycles. The van der Waals surface area contributed by atoms with Crippen molar-refractivity contribution in [3.8, 4) is 0 Å². The SMILES string of the molecule is Cc1cc(S(=O)C2CC3(CCN(C(C)C)CC3)C2)ccc1Nc1ncc2c(n1)NC(=O)C21CC1.OC1CCCCC1. The fourth-order valence-corrected chi connectivity index (χ4v) is 9.02. The molecule has 3 N–H and O–H groups in total. The van der Waals surface area contributed by atoms with E-state index < -0.39 is 10.8 Å². The third kappa shape index (κ3) is 5.82. The van der Waals surface area contributed by atoms with Crippen molar-refractivity contribution < 1.29 is 14.1 Å². The van der Waals surface area contributed by atoms with Gasteiger partial charge >= 0.3 is 0 Å². The molecule has 1 atom stereocenters. The number of aliphatic hydroxyl groups excluding tert-OH is 1. The van der Waals surface area contributed by atoms with E-state index in [0.717, 1.165) is 60.2 Å². The predicted molar refractivity (Wildman–Crippen MR) is 163 cm³/mol. The lowest BCUT2D eigenvalue weighted by atomic mass is 9.63. The number of piperidine rings is 1. The van der Waals surface area contributed by atoms with Gasteiger partial charge in [-0.3, -0.25) is 9.00 Å². The van der Waals surface area contributed by atoms with Gasteiger partial charge in [0.15, 0.2) is 0 Å². The van der Waals surface area contributed by atoms with Crippen molar-refractivity contribution >= 4 is 34.2 Å². The molecule has 2 aromatic rings. The summed E-state index contributed by atoms with van der Waals surface area (Å²) in [6.45, 7) is 8.91. The molecule has 1 aromatic heterocycles. The lowest BCUT2D eigenvalue weighted by Crippen LogP contribution is -2.51. The standard InChI is InChI=1S/C26H33N5O2S.C6H12O/c1-16(2)31-10-8-25(9-11-31)13-19(14-25)34(33)18-4-5-21(17(3)12-18)28-24-27-15-20-22(30-24)29-23(32)26(20)6-7-26;7-6-4-2-1-3-5-6/h4-5,12,15-16,19H,6-11,13-14H2,1-3H3,(H2,27,28,29,30,32);6-7H,1-5H2. The summed E-state index contributed by atoms with van der Waals surface area (Å²) >= 11 is 0. The molecule has 9 heteroatoms. The number of aliphatic hydroxyl groups is 1. The van der Waals surface area contributed by atoms with Gasteiger partial charge in [-0.1, -0.05) is 19.3 Å². The molecule has 1 saturated heterocycles. The van der Waals surface area contributed by atoms with Gasteiger partial charge in [-0.25, -0.2) is 4.98 Å². The molecule has 4 fully saturated rings. The van der Waals surface area contributed by atoms with Crippen LogP contribution >= 0.6 is 0 Å². The molecule has 2 spiro atoms. The van der Waals surface area contributed by atoms with E-state index >= 15 is 0 Å². The van der Waals surface area contributed by atoms with Crippen LogP contribution in [0.25, 0.3) is 0 Å². The van der Waals surface area contributed by atoms with Gasteiger partial charge in [0.05, 0.1) is 22.3 Å². The highest BCUT2D eigenvalue weighted by Crippen LogP contribution is 2.54. The Morgan fingerprint density at radius 1 is 1.10 bits per heavy atom. The zero-order chi connectivity index (χ0) is 28.8. The number of hydrogen-bond donors (Lipinski definition) is 3. The molecule has 3 aliphatic carbocycles. The Morgan fingerprint density at radius 3 is 2.39 bits per heavy atom. The summed E-state index contributed by atoms with van der Waals surface area (Å²) in [5.41, 5.74) is 2.86. The number of carbonyl (C=O) groups is 1. The van der Waals surface area contributed by atoms with Gasteiger partial charge in [0.1, 0.15) is 5.82 Å². The molecular weight excluding hydrogens is 534 g/mol. The summed E-state index contributed by atoms with van der Waals surface area (Å²) in [6.07, 6.45) is 14.1. The van der Waals surface area contributed by atoms with E-state index in [-0.39, 0.29) is 22.7 Å². The Balaban J connectivity index is 0.000000380. The Hall–Kier alpha value is -2.36. The summed E-state index contributed by atoms with van der Waals surface area (Å²) in [6, 6.07) is 6.58. The van der Waals surface area contributed by atoms with Gasteiger partial charge in [0.2, 0.25) is 11.9 Å². The van der Waals surface area contributed by atoms with Gasteiger partial charge in [-0.2, -0.15) is 4.98 Å². The highest BCUT2D eigenvalue weighted by molar-refractivity contribution is 7.85. The number of rotatable bonds is 5. The molecule has 1 amide bonds. The second-order valence-electron chi connectivity index (χ2n) is 13.3. The lowest BCUT2D eigenvalue weighted by Gasteiger charge is -2.52. The van der Waals surface area contributed by atoms with Crippen molar-refractivity contribution in [3.05, 3.63) is 35.5 Å². The van der Waals surface area contributed by atoms with Gasteiger partial charge in [-0.15, -0.1) is 0 Å². The predicted octanol–water partition coefficient (Wildman–Crippen LogP) is 5.58. The number of aromatic nitrogens is 2. The minimum Gasteiger partial charge on any atom is -0.393 e. The van der Waals surface area contributed by atoms with Crippen molar-refractivity contribution in [2.75, 3.05) is 23.7 Å². The second-order valence-corrected chi connectivity index (χ2v) is 15.1. The third-order valence-electron chi connectivity index (χ3n) is 10.2. The van der Waals surface area contributed by atoms with Gasteiger partial charge < -0.3 is 20.6 Å². The number of nitrogens with zero attached hydrogens (tertiary/aromatic N) is 3. The number of likely N-dealkylation sites (tertiary alicyclic amines) is 1. The van der Waals surface area contributed by atoms with Crippen LogP contribution < -0.4 is 10.6 Å². The molecular formula is C32H45N5O3S. The van der Waals surface area contributed by atoms with Crippen LogP contribution in [0.4, 0.5) is 17.5 Å². The van der Waals surface area contributed by atoms with E-state index in [2.05, 4.69) is 39.3 Å². The van der Waals surface area contributed by atoms with Crippen LogP contribution in [0.1, 0.15) is 95.6 Å². The summed E-state index contributed by atoms with van der Waals surface area (Å²) in [7, 11) is -0.977. The van der Waals surface area contributed by atoms with Gasteiger partial charge in [0.25, 0.3) is 0 Å². The average Bonchev–Trinajstić information content (AvgIpc) is 3.70. The normalized spacial score (nSPS) is 23.9. The summed E-state index contributed by atoms with van der Waals surface area (Å²) < 4.78 is 13.3.